The summed E-state index contributed by atoms with van der Waals surface area (Å²) in [5.41, 5.74) is 4.26. The van der Waals surface area contributed by atoms with Crippen LogP contribution in [0.15, 0.2) is 54.6 Å². The van der Waals surface area contributed by atoms with Crippen LogP contribution in [0.5, 0.6) is 0 Å². The first-order valence-electron chi connectivity index (χ1n) is 10.0. The minimum Gasteiger partial charge on any atom is -0.0654 e. The van der Waals surface area contributed by atoms with Crippen LogP contribution in [0.3, 0.4) is 0 Å². The van der Waals surface area contributed by atoms with Gasteiger partial charge in [0.25, 0.3) is 0 Å². The molecule has 131 valence electrons. The molecule has 0 heterocycles. The van der Waals surface area contributed by atoms with Crippen molar-refractivity contribution in [3.05, 3.63) is 60.2 Å². The van der Waals surface area contributed by atoms with Crippen molar-refractivity contribution in [2.24, 2.45) is 0 Å². The number of aryl methyl sites for hydroxylation is 1. The Labute approximate surface area is 177 Å². The Morgan fingerprint density at radius 2 is 1.08 bits per heavy atom. The van der Waals surface area contributed by atoms with Crippen molar-refractivity contribution < 1.29 is 0 Å². The standard InChI is InChI=1S/C24H34.Na/c1-2-3-4-5-6-7-8-9-10-12-17-23-20-15-16-21-24(23)22-18-13-11-14-19-22;/h11,13-16,18-21H,2-10,12,17H2,1H3;. The zero-order valence-corrected chi connectivity index (χ0v) is 18.5. The van der Waals surface area contributed by atoms with E-state index < -0.39 is 0 Å². The summed E-state index contributed by atoms with van der Waals surface area (Å²) in [6.07, 6.45) is 15.3. The number of benzene rings is 2. The average Bonchev–Trinajstić information content (AvgIpc) is 2.64. The largest absolute Gasteiger partial charge is 0.0654 e. The van der Waals surface area contributed by atoms with Crippen molar-refractivity contribution in [1.29, 1.82) is 0 Å². The van der Waals surface area contributed by atoms with E-state index in [1.807, 2.05) is 0 Å². The van der Waals surface area contributed by atoms with E-state index in [0.29, 0.717) is 0 Å². The van der Waals surface area contributed by atoms with Gasteiger partial charge in [-0.05, 0) is 29.5 Å². The van der Waals surface area contributed by atoms with Crippen LogP contribution < -0.4 is 0 Å². The van der Waals surface area contributed by atoms with Crippen LogP contribution in [0.1, 0.15) is 76.7 Å². The summed E-state index contributed by atoms with van der Waals surface area (Å²) >= 11 is 0. The molecule has 2 aromatic rings. The zero-order chi connectivity index (χ0) is 16.9. The molecule has 0 nitrogen and oxygen atoms in total. The zero-order valence-electron chi connectivity index (χ0n) is 16.5. The molecule has 1 heteroatoms. The summed E-state index contributed by atoms with van der Waals surface area (Å²) in [5, 5.41) is 0. The number of unbranched alkanes of at least 4 members (excludes halogenated alkanes) is 9. The molecule has 0 atom stereocenters. The molecule has 0 amide bonds. The minimum atomic E-state index is 0. The van der Waals surface area contributed by atoms with Gasteiger partial charge < -0.3 is 0 Å². The van der Waals surface area contributed by atoms with Crippen molar-refractivity contribution in [3.63, 3.8) is 0 Å². The molecule has 0 aromatic heterocycles. The molecular formula is C24H34Na. The van der Waals surface area contributed by atoms with Crippen LogP contribution in [0.25, 0.3) is 11.1 Å². The van der Waals surface area contributed by atoms with Gasteiger partial charge in [-0.2, -0.15) is 0 Å². The molecule has 0 aliphatic rings. The van der Waals surface area contributed by atoms with Crippen molar-refractivity contribution in [2.45, 2.75) is 77.6 Å². The first-order chi connectivity index (χ1) is 11.9. The molecule has 0 saturated carbocycles. The van der Waals surface area contributed by atoms with Crippen LogP contribution in [0, 0.1) is 0 Å². The molecule has 0 unspecified atom stereocenters. The number of rotatable bonds is 12. The van der Waals surface area contributed by atoms with E-state index in [0.717, 1.165) is 0 Å². The summed E-state index contributed by atoms with van der Waals surface area (Å²) in [7, 11) is 0. The van der Waals surface area contributed by atoms with E-state index >= 15 is 0 Å². The van der Waals surface area contributed by atoms with Crippen LogP contribution in [-0.2, 0) is 6.42 Å². The Bertz CT molecular complexity index is 547. The first kappa shape index (κ1) is 22.5. The third kappa shape index (κ3) is 9.08. The molecule has 0 spiro atoms. The third-order valence-corrected chi connectivity index (χ3v) is 4.90. The van der Waals surface area contributed by atoms with E-state index in [1.165, 1.54) is 87.3 Å². The maximum Gasteiger partial charge on any atom is 0 e. The van der Waals surface area contributed by atoms with Gasteiger partial charge in [-0.25, -0.2) is 0 Å². The molecule has 25 heavy (non-hydrogen) atoms. The van der Waals surface area contributed by atoms with Crippen LogP contribution in [-0.4, -0.2) is 29.6 Å². The van der Waals surface area contributed by atoms with Crippen molar-refractivity contribution in [3.8, 4) is 11.1 Å². The van der Waals surface area contributed by atoms with E-state index in [-0.39, 0.29) is 29.6 Å². The van der Waals surface area contributed by atoms with Gasteiger partial charge in [0, 0.05) is 29.6 Å². The fourth-order valence-corrected chi connectivity index (χ4v) is 3.44. The average molecular weight is 346 g/mol. The predicted octanol–water partition coefficient (Wildman–Crippen LogP) is 7.44. The van der Waals surface area contributed by atoms with Gasteiger partial charge >= 0.3 is 0 Å². The fourth-order valence-electron chi connectivity index (χ4n) is 3.44. The summed E-state index contributed by atoms with van der Waals surface area (Å²) in [4.78, 5) is 0. The minimum absolute atomic E-state index is 0. The first-order valence-corrected chi connectivity index (χ1v) is 10.0. The predicted molar refractivity (Wildman–Crippen MR) is 113 cm³/mol. The third-order valence-electron chi connectivity index (χ3n) is 4.90. The van der Waals surface area contributed by atoms with Crippen LogP contribution in [0.2, 0.25) is 0 Å². The number of hydrogen-bond acceptors (Lipinski definition) is 0. The summed E-state index contributed by atoms with van der Waals surface area (Å²) in [6, 6.07) is 19.7. The Balaban J connectivity index is 0.00000312. The molecular weight excluding hydrogens is 311 g/mol. The molecule has 0 saturated heterocycles. The molecule has 2 rings (SSSR count). The quantitative estimate of drug-likeness (QED) is 0.277. The number of hydrogen-bond donors (Lipinski definition) is 0. The van der Waals surface area contributed by atoms with Gasteiger partial charge in [0.1, 0.15) is 0 Å². The molecule has 2 aromatic carbocycles. The van der Waals surface area contributed by atoms with Crippen molar-refractivity contribution in [2.75, 3.05) is 0 Å². The van der Waals surface area contributed by atoms with Gasteiger partial charge in [0.15, 0.2) is 0 Å². The second kappa shape index (κ2) is 14.6. The Kier molecular flexibility index (Phi) is 13.1. The molecule has 0 aliphatic heterocycles. The SMILES string of the molecule is CCCCCCCCCCCCc1ccccc1-c1ccccc1.[Na]. The van der Waals surface area contributed by atoms with Crippen LogP contribution >= 0.6 is 0 Å². The topological polar surface area (TPSA) is 0 Å². The van der Waals surface area contributed by atoms with E-state index in [4.69, 9.17) is 0 Å². The van der Waals surface area contributed by atoms with Gasteiger partial charge in [0.05, 0.1) is 0 Å². The van der Waals surface area contributed by atoms with Crippen molar-refractivity contribution in [1.82, 2.24) is 0 Å². The second-order valence-electron chi connectivity index (χ2n) is 6.96. The fraction of sp³-hybridized carbons (Fsp3) is 0.500. The Hall–Kier alpha value is -0.560. The molecule has 0 N–H and O–H groups in total. The van der Waals surface area contributed by atoms with Gasteiger partial charge in [0.2, 0.25) is 0 Å². The molecule has 0 bridgehead atoms. The second-order valence-corrected chi connectivity index (χ2v) is 6.96. The van der Waals surface area contributed by atoms with Gasteiger partial charge in [-0.1, -0.05) is 119 Å². The monoisotopic (exact) mass is 345 g/mol. The van der Waals surface area contributed by atoms with Gasteiger partial charge in [-0.15, -0.1) is 0 Å². The molecule has 1 radical (unpaired) electrons. The van der Waals surface area contributed by atoms with Crippen molar-refractivity contribution >= 4 is 29.6 Å². The summed E-state index contributed by atoms with van der Waals surface area (Å²) in [6.45, 7) is 2.29. The molecule has 0 aliphatic carbocycles. The van der Waals surface area contributed by atoms with Gasteiger partial charge in [-0.3, -0.25) is 0 Å². The maximum absolute atomic E-state index is 2.30. The van der Waals surface area contributed by atoms with E-state index in [9.17, 15) is 0 Å². The van der Waals surface area contributed by atoms with Crippen LogP contribution in [0.4, 0.5) is 0 Å². The maximum atomic E-state index is 2.30. The normalized spacial score (nSPS) is 10.4. The van der Waals surface area contributed by atoms with E-state index in [1.54, 1.807) is 0 Å². The Morgan fingerprint density at radius 3 is 1.72 bits per heavy atom. The molecule has 0 fully saturated rings. The summed E-state index contributed by atoms with van der Waals surface area (Å²) in [5.74, 6) is 0. The smallest absolute Gasteiger partial charge is 0 e. The van der Waals surface area contributed by atoms with E-state index in [2.05, 4.69) is 61.5 Å². The Morgan fingerprint density at radius 1 is 0.560 bits per heavy atom. The summed E-state index contributed by atoms with van der Waals surface area (Å²) < 4.78 is 0.